The average Bonchev–Trinajstić information content (AvgIpc) is 2.72. The molecule has 1 rings (SSSR count). The Morgan fingerprint density at radius 2 is 1.48 bits per heavy atom. The molecule has 2 atom stereocenters. The zero-order chi connectivity index (χ0) is 21.2. The van der Waals surface area contributed by atoms with Crippen LogP contribution in [0.1, 0.15) is 90.9 Å². The molecule has 29 heavy (non-hydrogen) atoms. The molecule has 0 fully saturated rings. The molecule has 4 heteroatoms. The van der Waals surface area contributed by atoms with E-state index in [9.17, 15) is 10.2 Å². The second-order valence-corrected chi connectivity index (χ2v) is 8.24. The highest BCUT2D eigenvalue weighted by Crippen LogP contribution is 2.18. The van der Waals surface area contributed by atoms with E-state index < -0.39 is 6.10 Å². The summed E-state index contributed by atoms with van der Waals surface area (Å²) in [6.45, 7) is 5.64. The molecule has 168 valence electrons. The molecule has 2 N–H and O–H groups in total. The molecule has 0 saturated heterocycles. The third-order valence-corrected chi connectivity index (χ3v) is 5.47. The van der Waals surface area contributed by atoms with Gasteiger partial charge in [-0.25, -0.2) is 0 Å². The van der Waals surface area contributed by atoms with E-state index in [0.717, 1.165) is 6.42 Å². The minimum Gasteiger partial charge on any atom is -0.508 e. The Morgan fingerprint density at radius 3 is 2.10 bits per heavy atom. The first kappa shape index (κ1) is 25.8. The number of hydrogen-bond acceptors (Lipinski definition) is 4. The van der Waals surface area contributed by atoms with E-state index in [1.165, 1.54) is 76.7 Å². The molecule has 0 bridgehead atoms. The number of benzene rings is 1. The van der Waals surface area contributed by atoms with Gasteiger partial charge in [0.25, 0.3) is 0 Å². The topological polar surface area (TPSA) is 58.9 Å². The van der Waals surface area contributed by atoms with Crippen molar-refractivity contribution in [1.29, 1.82) is 0 Å². The third-order valence-electron chi connectivity index (χ3n) is 5.47. The van der Waals surface area contributed by atoms with Crippen LogP contribution in [-0.4, -0.2) is 36.1 Å². The van der Waals surface area contributed by atoms with E-state index in [1.807, 2.05) is 0 Å². The molecule has 4 nitrogen and oxygen atoms in total. The lowest BCUT2D eigenvalue weighted by atomic mass is 9.98. The molecule has 1 aromatic carbocycles. The summed E-state index contributed by atoms with van der Waals surface area (Å²) in [6.07, 6.45) is 15.3. The molecule has 2 unspecified atom stereocenters. The zero-order valence-corrected chi connectivity index (χ0v) is 18.8. The minimum absolute atomic E-state index is 0.158. The van der Waals surface area contributed by atoms with Crippen molar-refractivity contribution in [3.8, 4) is 11.5 Å². The van der Waals surface area contributed by atoms with Gasteiger partial charge < -0.3 is 19.7 Å². The number of aliphatic hydroxyl groups excluding tert-OH is 1. The first-order valence-corrected chi connectivity index (χ1v) is 11.8. The number of unbranched alkanes of at least 4 members (excludes halogenated alkanes) is 9. The largest absolute Gasteiger partial charge is 0.508 e. The van der Waals surface area contributed by atoms with Gasteiger partial charge in [0.1, 0.15) is 24.2 Å². The van der Waals surface area contributed by atoms with Crippen LogP contribution >= 0.6 is 0 Å². The Labute approximate surface area is 178 Å². The highest BCUT2D eigenvalue weighted by molar-refractivity contribution is 5.31. The predicted octanol–water partition coefficient (Wildman–Crippen LogP) is 6.49. The molecular weight excluding hydrogens is 364 g/mol. The Morgan fingerprint density at radius 1 is 0.828 bits per heavy atom. The van der Waals surface area contributed by atoms with E-state index in [-0.39, 0.29) is 19.0 Å². The smallest absolute Gasteiger partial charge is 0.123 e. The number of phenolic OH excluding ortho intramolecular Hbond substituents is 1. The van der Waals surface area contributed by atoms with Crippen molar-refractivity contribution in [2.24, 2.45) is 5.92 Å². The van der Waals surface area contributed by atoms with Gasteiger partial charge in [-0.15, -0.1) is 0 Å². The van der Waals surface area contributed by atoms with Crippen LogP contribution in [0.25, 0.3) is 0 Å². The fourth-order valence-electron chi connectivity index (χ4n) is 3.51. The molecule has 0 amide bonds. The Balaban J connectivity index is 1.99. The summed E-state index contributed by atoms with van der Waals surface area (Å²) in [7, 11) is 0. The SMILES string of the molecule is CCCCCCCCCCCCC(CC)COCC(O)COc1cccc(O)c1. The Bertz CT molecular complexity index is 491. The lowest BCUT2D eigenvalue weighted by Crippen LogP contribution is -2.25. The summed E-state index contributed by atoms with van der Waals surface area (Å²) in [5.74, 6) is 1.28. The molecule has 0 saturated carbocycles. The highest BCUT2D eigenvalue weighted by atomic mass is 16.5. The molecule has 0 heterocycles. The summed E-state index contributed by atoms with van der Waals surface area (Å²) in [6, 6.07) is 6.60. The standard InChI is InChI=1S/C25H44O4/c1-3-5-6-7-8-9-10-11-12-13-15-22(4-2)19-28-20-24(27)21-29-25-17-14-16-23(26)18-25/h14,16-18,22,24,26-27H,3-13,15,19-21H2,1-2H3. The van der Waals surface area contributed by atoms with Gasteiger partial charge in [-0.05, 0) is 24.5 Å². The molecule has 0 aliphatic rings. The van der Waals surface area contributed by atoms with E-state index in [0.29, 0.717) is 18.3 Å². The highest BCUT2D eigenvalue weighted by Gasteiger charge is 2.10. The quantitative estimate of drug-likeness (QED) is 0.257. The maximum Gasteiger partial charge on any atom is 0.123 e. The second kappa shape index (κ2) is 17.6. The zero-order valence-electron chi connectivity index (χ0n) is 18.8. The van der Waals surface area contributed by atoms with Crippen LogP contribution in [0.5, 0.6) is 11.5 Å². The van der Waals surface area contributed by atoms with Crippen LogP contribution < -0.4 is 4.74 Å². The first-order valence-electron chi connectivity index (χ1n) is 11.8. The number of ether oxygens (including phenoxy) is 2. The minimum atomic E-state index is -0.660. The summed E-state index contributed by atoms with van der Waals surface area (Å²) in [5, 5.41) is 19.4. The van der Waals surface area contributed by atoms with Crippen LogP contribution in [-0.2, 0) is 4.74 Å². The molecule has 1 aromatic rings. The molecule has 0 radical (unpaired) electrons. The van der Waals surface area contributed by atoms with Gasteiger partial charge in [-0.3, -0.25) is 0 Å². The van der Waals surface area contributed by atoms with E-state index in [4.69, 9.17) is 9.47 Å². The fraction of sp³-hybridized carbons (Fsp3) is 0.760. The average molecular weight is 409 g/mol. The molecule has 0 aliphatic carbocycles. The fourth-order valence-corrected chi connectivity index (χ4v) is 3.51. The van der Waals surface area contributed by atoms with Crippen molar-refractivity contribution in [2.45, 2.75) is 97.0 Å². The van der Waals surface area contributed by atoms with Crippen molar-refractivity contribution in [1.82, 2.24) is 0 Å². The third kappa shape index (κ3) is 14.4. The van der Waals surface area contributed by atoms with Crippen molar-refractivity contribution < 1.29 is 19.7 Å². The number of aliphatic hydroxyl groups is 1. The molecule has 0 spiro atoms. The summed E-state index contributed by atoms with van der Waals surface area (Å²) >= 11 is 0. The van der Waals surface area contributed by atoms with Crippen LogP contribution in [0.4, 0.5) is 0 Å². The molecular formula is C25H44O4. The summed E-state index contributed by atoms with van der Waals surface area (Å²) < 4.78 is 11.2. The normalized spacial score (nSPS) is 13.3. The maximum absolute atomic E-state index is 10.0. The maximum atomic E-state index is 10.0. The number of rotatable bonds is 19. The Kier molecular flexibility index (Phi) is 15.6. The van der Waals surface area contributed by atoms with Crippen molar-refractivity contribution in [2.75, 3.05) is 19.8 Å². The van der Waals surface area contributed by atoms with Gasteiger partial charge in [0.05, 0.1) is 6.61 Å². The number of hydrogen-bond donors (Lipinski definition) is 2. The van der Waals surface area contributed by atoms with E-state index >= 15 is 0 Å². The van der Waals surface area contributed by atoms with Crippen molar-refractivity contribution in [3.63, 3.8) is 0 Å². The first-order chi connectivity index (χ1) is 14.2. The van der Waals surface area contributed by atoms with Gasteiger partial charge in [-0.1, -0.05) is 90.5 Å². The van der Waals surface area contributed by atoms with Gasteiger partial charge in [0.2, 0.25) is 0 Å². The van der Waals surface area contributed by atoms with Crippen LogP contribution in [0.3, 0.4) is 0 Å². The van der Waals surface area contributed by atoms with Gasteiger partial charge >= 0.3 is 0 Å². The monoisotopic (exact) mass is 408 g/mol. The second-order valence-electron chi connectivity index (χ2n) is 8.24. The van der Waals surface area contributed by atoms with Crippen molar-refractivity contribution in [3.05, 3.63) is 24.3 Å². The van der Waals surface area contributed by atoms with Crippen LogP contribution in [0.15, 0.2) is 24.3 Å². The molecule has 0 aliphatic heterocycles. The van der Waals surface area contributed by atoms with E-state index in [1.54, 1.807) is 18.2 Å². The van der Waals surface area contributed by atoms with Gasteiger partial charge in [-0.2, -0.15) is 0 Å². The molecule has 0 aromatic heterocycles. The lowest BCUT2D eigenvalue weighted by molar-refractivity contribution is -0.00116. The van der Waals surface area contributed by atoms with Crippen molar-refractivity contribution >= 4 is 0 Å². The summed E-state index contributed by atoms with van der Waals surface area (Å²) in [5.41, 5.74) is 0. The lowest BCUT2D eigenvalue weighted by Gasteiger charge is -2.17. The van der Waals surface area contributed by atoms with Gasteiger partial charge in [0.15, 0.2) is 0 Å². The predicted molar refractivity (Wildman–Crippen MR) is 121 cm³/mol. The summed E-state index contributed by atoms with van der Waals surface area (Å²) in [4.78, 5) is 0. The number of phenols is 1. The van der Waals surface area contributed by atoms with E-state index in [2.05, 4.69) is 13.8 Å². The van der Waals surface area contributed by atoms with Gasteiger partial charge in [0, 0.05) is 12.7 Å². The number of aromatic hydroxyl groups is 1. The Hall–Kier alpha value is -1.26. The van der Waals surface area contributed by atoms with Crippen LogP contribution in [0, 0.1) is 5.92 Å². The van der Waals surface area contributed by atoms with Crippen LogP contribution in [0.2, 0.25) is 0 Å².